The quantitative estimate of drug-likeness (QED) is 0.367. The molecule has 2 nitrogen and oxygen atoms in total. The molecule has 3 aliphatic rings. The van der Waals surface area contributed by atoms with Gasteiger partial charge in [-0.1, -0.05) is 82.3 Å². The molecule has 0 atom stereocenters. The van der Waals surface area contributed by atoms with Crippen molar-refractivity contribution in [1.29, 1.82) is 0 Å². The summed E-state index contributed by atoms with van der Waals surface area (Å²) >= 11 is 0. The maximum absolute atomic E-state index is 2.51. The summed E-state index contributed by atoms with van der Waals surface area (Å²) in [5, 5.41) is 0. The number of benzene rings is 2. The van der Waals surface area contributed by atoms with Crippen molar-refractivity contribution in [1.82, 2.24) is 0 Å². The Hall–Kier alpha value is -3.13. The summed E-state index contributed by atoms with van der Waals surface area (Å²) in [4.78, 5) is 2.51. The van der Waals surface area contributed by atoms with Crippen LogP contribution in [0.4, 0.5) is 11.4 Å². The van der Waals surface area contributed by atoms with Gasteiger partial charge in [0.25, 0.3) is 0 Å². The van der Waals surface area contributed by atoms with Crippen LogP contribution in [0.1, 0.15) is 79.4 Å². The number of rotatable bonds is 5. The van der Waals surface area contributed by atoms with Crippen LogP contribution in [0, 0.1) is 5.41 Å². The predicted molar refractivity (Wildman–Crippen MR) is 164 cm³/mol. The molecule has 198 valence electrons. The second-order valence-electron chi connectivity index (χ2n) is 13.0. The molecule has 0 bridgehead atoms. The summed E-state index contributed by atoms with van der Waals surface area (Å²) in [6, 6.07) is 17.8. The molecule has 2 aromatic rings. The number of likely N-dealkylation sites (N-methyl/N-ethyl adjacent to an activating group) is 1. The number of hydrogen-bond acceptors (Lipinski definition) is 1. The number of nitrogens with zero attached hydrogens (tertiary/aromatic N) is 2. The maximum Gasteiger partial charge on any atom is 0.209 e. The summed E-state index contributed by atoms with van der Waals surface area (Å²) in [7, 11) is 0. The van der Waals surface area contributed by atoms with Gasteiger partial charge in [-0.2, -0.15) is 4.58 Å². The normalized spacial score (nSPS) is 23.4. The van der Waals surface area contributed by atoms with Crippen molar-refractivity contribution >= 4 is 17.1 Å². The van der Waals surface area contributed by atoms with E-state index in [1.54, 1.807) is 0 Å². The molecule has 0 fully saturated rings. The zero-order valence-corrected chi connectivity index (χ0v) is 24.7. The highest BCUT2D eigenvalue weighted by molar-refractivity contribution is 6.03. The lowest BCUT2D eigenvalue weighted by Gasteiger charge is -2.32. The molecule has 1 aliphatic carbocycles. The van der Waals surface area contributed by atoms with Gasteiger partial charge >= 0.3 is 0 Å². The van der Waals surface area contributed by atoms with E-state index in [0.29, 0.717) is 0 Å². The van der Waals surface area contributed by atoms with Crippen LogP contribution in [0.3, 0.4) is 0 Å². The molecule has 0 radical (unpaired) electrons. The third-order valence-electron chi connectivity index (χ3n) is 8.85. The molecule has 2 heterocycles. The Morgan fingerprint density at radius 3 is 2.24 bits per heavy atom. The number of hydrogen-bond donors (Lipinski definition) is 0. The van der Waals surface area contributed by atoms with Gasteiger partial charge in [-0.05, 0) is 74.8 Å². The van der Waals surface area contributed by atoms with E-state index in [0.717, 1.165) is 25.9 Å². The molecule has 2 aromatic carbocycles. The van der Waals surface area contributed by atoms with Crippen LogP contribution >= 0.6 is 0 Å². The Labute approximate surface area is 230 Å². The summed E-state index contributed by atoms with van der Waals surface area (Å²) < 4.78 is 2.47. The average Bonchev–Trinajstić information content (AvgIpc) is 3.22. The fourth-order valence-electron chi connectivity index (χ4n) is 7.07. The molecular weight excluding hydrogens is 460 g/mol. The van der Waals surface area contributed by atoms with Crippen LogP contribution in [-0.2, 0) is 10.8 Å². The first-order chi connectivity index (χ1) is 18.0. The van der Waals surface area contributed by atoms with E-state index in [4.69, 9.17) is 0 Å². The lowest BCUT2D eigenvalue weighted by Crippen LogP contribution is -2.27. The molecule has 0 amide bonds. The van der Waals surface area contributed by atoms with E-state index >= 15 is 0 Å². The molecule has 0 aromatic heterocycles. The van der Waals surface area contributed by atoms with Gasteiger partial charge in [0, 0.05) is 41.1 Å². The zero-order chi connectivity index (χ0) is 27.3. The number of para-hydroxylation sites is 2. The fraction of sp³-hybridized carbons (Fsp3) is 0.417. The Kier molecular flexibility index (Phi) is 6.66. The van der Waals surface area contributed by atoms with Crippen molar-refractivity contribution in [3.8, 4) is 0 Å². The molecular formula is C36H45N2+. The summed E-state index contributed by atoms with van der Waals surface area (Å²) in [5.41, 5.74) is 11.4. The monoisotopic (exact) mass is 505 g/mol. The molecule has 2 aliphatic heterocycles. The summed E-state index contributed by atoms with van der Waals surface area (Å²) in [5.74, 6) is 0. The van der Waals surface area contributed by atoms with E-state index in [9.17, 15) is 0 Å². The van der Waals surface area contributed by atoms with Gasteiger partial charge < -0.3 is 4.90 Å². The van der Waals surface area contributed by atoms with E-state index in [2.05, 4.69) is 144 Å². The molecule has 5 rings (SSSR count). The van der Waals surface area contributed by atoms with Gasteiger partial charge in [-0.15, -0.1) is 0 Å². The van der Waals surface area contributed by atoms with E-state index in [1.165, 1.54) is 45.1 Å². The molecule has 0 spiro atoms. The first-order valence-corrected chi connectivity index (χ1v) is 14.4. The molecule has 0 saturated carbocycles. The van der Waals surface area contributed by atoms with Gasteiger partial charge in [0.2, 0.25) is 5.69 Å². The van der Waals surface area contributed by atoms with Crippen molar-refractivity contribution in [3.05, 3.63) is 107 Å². The lowest BCUT2D eigenvalue weighted by atomic mass is 9.74. The molecule has 0 unspecified atom stereocenters. The molecule has 0 saturated heterocycles. The van der Waals surface area contributed by atoms with Gasteiger partial charge in [0.15, 0.2) is 5.71 Å². The minimum Gasteiger partial charge on any atom is -0.344 e. The Morgan fingerprint density at radius 1 is 0.842 bits per heavy atom. The first kappa shape index (κ1) is 26.5. The standard InChI is InChI=1S/C36H45N2/c1-9-37-30-19-13-11-17-28(30)35(5,6)32(37)21-15-16-26-22-27(25-34(3,4)24-26)23-33-36(7,8)29-18-12-14-20-31(29)38(33)10-2/h11-23H,9-10,24-25H2,1-8H3/q+1. The summed E-state index contributed by atoms with van der Waals surface area (Å²) in [6.07, 6.45) is 14.1. The highest BCUT2D eigenvalue weighted by Crippen LogP contribution is 2.49. The number of allylic oxidation sites excluding steroid dienone is 8. The maximum atomic E-state index is 2.51. The van der Waals surface area contributed by atoms with Crippen LogP contribution in [-0.4, -0.2) is 23.4 Å². The largest absolute Gasteiger partial charge is 0.344 e. The number of anilines is 1. The van der Waals surface area contributed by atoms with Crippen molar-refractivity contribution < 1.29 is 4.58 Å². The Morgan fingerprint density at radius 2 is 1.53 bits per heavy atom. The van der Waals surface area contributed by atoms with Crippen molar-refractivity contribution in [2.45, 2.75) is 79.1 Å². The second kappa shape index (κ2) is 9.56. The van der Waals surface area contributed by atoms with Crippen LogP contribution in [0.15, 0.2) is 95.8 Å². The third-order valence-corrected chi connectivity index (χ3v) is 8.85. The highest BCUT2D eigenvalue weighted by atomic mass is 15.2. The van der Waals surface area contributed by atoms with Gasteiger partial charge in [-0.3, -0.25) is 0 Å². The van der Waals surface area contributed by atoms with Crippen molar-refractivity contribution in [2.75, 3.05) is 18.0 Å². The smallest absolute Gasteiger partial charge is 0.209 e. The molecule has 0 N–H and O–H groups in total. The van der Waals surface area contributed by atoms with Crippen molar-refractivity contribution in [2.24, 2.45) is 5.41 Å². The van der Waals surface area contributed by atoms with Crippen molar-refractivity contribution in [3.63, 3.8) is 0 Å². The van der Waals surface area contributed by atoms with E-state index in [1.807, 2.05) is 0 Å². The molecule has 2 heteroatoms. The SMILES string of the molecule is CCN1C(=CC2=CC(=CC=CC3=[N+](CC)c4ccccc4C3(C)C)CC(C)(C)C2)C(C)(C)c2ccccc21. The topological polar surface area (TPSA) is 6.25 Å². The highest BCUT2D eigenvalue weighted by Gasteiger charge is 2.43. The van der Waals surface area contributed by atoms with Crippen LogP contribution in [0.2, 0.25) is 0 Å². The third kappa shape index (κ3) is 4.42. The average molecular weight is 506 g/mol. The first-order valence-electron chi connectivity index (χ1n) is 14.4. The Bertz CT molecular complexity index is 1400. The fourth-order valence-corrected chi connectivity index (χ4v) is 7.07. The van der Waals surface area contributed by atoms with Gasteiger partial charge in [-0.25, -0.2) is 0 Å². The van der Waals surface area contributed by atoms with Gasteiger partial charge in [0.05, 0.1) is 5.41 Å². The van der Waals surface area contributed by atoms with Crippen LogP contribution < -0.4 is 4.90 Å². The summed E-state index contributed by atoms with van der Waals surface area (Å²) in [6.45, 7) is 20.7. The lowest BCUT2D eigenvalue weighted by molar-refractivity contribution is -0.433. The van der Waals surface area contributed by atoms with E-state index in [-0.39, 0.29) is 16.2 Å². The van der Waals surface area contributed by atoms with Gasteiger partial charge in [0.1, 0.15) is 6.54 Å². The van der Waals surface area contributed by atoms with E-state index < -0.39 is 0 Å². The number of fused-ring (bicyclic) bond motifs is 2. The van der Waals surface area contributed by atoms with Crippen LogP contribution in [0.25, 0.3) is 0 Å². The molecule has 38 heavy (non-hydrogen) atoms. The second-order valence-corrected chi connectivity index (χ2v) is 13.0. The zero-order valence-electron chi connectivity index (χ0n) is 24.7. The predicted octanol–water partition coefficient (Wildman–Crippen LogP) is 9.01. The Balaban J connectivity index is 1.49. The minimum absolute atomic E-state index is 0.00211. The van der Waals surface area contributed by atoms with Crippen LogP contribution in [0.5, 0.6) is 0 Å². The minimum atomic E-state index is 0.00211.